The molecule has 6 nitrogen and oxygen atoms in total. The fourth-order valence-electron chi connectivity index (χ4n) is 2.63. The van der Waals surface area contributed by atoms with E-state index in [4.69, 9.17) is 5.11 Å². The van der Waals surface area contributed by atoms with Crippen LogP contribution in [-0.2, 0) is 10.0 Å². The zero-order valence-corrected chi connectivity index (χ0v) is 13.8. The number of pyridine rings is 1. The third-order valence-corrected chi connectivity index (χ3v) is 6.01. The summed E-state index contributed by atoms with van der Waals surface area (Å²) in [7, 11) is -3.79. The molecule has 1 N–H and O–H groups in total. The Morgan fingerprint density at radius 3 is 2.38 bits per heavy atom. The zero-order valence-electron chi connectivity index (χ0n) is 13.0. The van der Waals surface area contributed by atoms with Gasteiger partial charge in [0.2, 0.25) is 0 Å². The van der Waals surface area contributed by atoms with Gasteiger partial charge in [-0.15, -0.1) is 0 Å². The molecule has 0 amide bonds. The van der Waals surface area contributed by atoms with E-state index in [1.807, 2.05) is 6.07 Å². The molecule has 1 heterocycles. The highest BCUT2D eigenvalue weighted by Gasteiger charge is 2.30. The molecular weight excluding hydrogens is 328 g/mol. The number of hydrogen-bond acceptors (Lipinski definition) is 4. The number of benzene rings is 1. The van der Waals surface area contributed by atoms with Crippen molar-refractivity contribution in [1.82, 2.24) is 4.98 Å². The van der Waals surface area contributed by atoms with Gasteiger partial charge in [-0.05, 0) is 43.0 Å². The van der Waals surface area contributed by atoms with Gasteiger partial charge in [0, 0.05) is 12.7 Å². The third kappa shape index (κ3) is 3.26. The normalized spacial score (nSPS) is 14.8. The molecule has 0 spiro atoms. The van der Waals surface area contributed by atoms with Crippen LogP contribution < -0.4 is 4.31 Å². The van der Waals surface area contributed by atoms with E-state index in [1.165, 1.54) is 16.4 Å². The van der Waals surface area contributed by atoms with E-state index in [9.17, 15) is 13.2 Å². The quantitative estimate of drug-likeness (QED) is 0.869. The number of carboxylic acids is 1. The topological polar surface area (TPSA) is 87.6 Å². The van der Waals surface area contributed by atoms with Crippen molar-refractivity contribution in [2.24, 2.45) is 5.92 Å². The van der Waals surface area contributed by atoms with Crippen molar-refractivity contribution >= 4 is 21.7 Å². The number of sulfonamides is 1. The Morgan fingerprint density at radius 2 is 1.88 bits per heavy atom. The Bertz CT molecular complexity index is 815. The van der Waals surface area contributed by atoms with Crippen molar-refractivity contribution in [3.05, 3.63) is 54.4 Å². The van der Waals surface area contributed by atoms with Crippen LogP contribution in [0.5, 0.6) is 0 Å². The van der Waals surface area contributed by atoms with E-state index < -0.39 is 16.0 Å². The average Bonchev–Trinajstić information content (AvgIpc) is 2.54. The molecule has 126 valence electrons. The first-order valence-electron chi connectivity index (χ1n) is 7.75. The lowest BCUT2D eigenvalue weighted by Crippen LogP contribution is -2.37. The summed E-state index contributed by atoms with van der Waals surface area (Å²) in [4.78, 5) is 14.6. The molecule has 0 bridgehead atoms. The number of carboxylic acid groups (broad SMARTS) is 1. The minimum atomic E-state index is -3.79. The van der Waals surface area contributed by atoms with Crippen molar-refractivity contribution in [2.45, 2.75) is 24.2 Å². The second-order valence-electron chi connectivity index (χ2n) is 5.85. The summed E-state index contributed by atoms with van der Waals surface area (Å²) in [5, 5.41) is 8.90. The number of carbonyl (C=O) groups is 1. The molecule has 3 rings (SSSR count). The first kappa shape index (κ1) is 16.4. The van der Waals surface area contributed by atoms with Crippen molar-refractivity contribution in [3.8, 4) is 0 Å². The minimum absolute atomic E-state index is 0.00400. The Labute approximate surface area is 140 Å². The molecule has 0 radical (unpaired) electrons. The molecule has 0 atom stereocenters. The lowest BCUT2D eigenvalue weighted by Gasteiger charge is -2.33. The molecule has 0 saturated heterocycles. The van der Waals surface area contributed by atoms with E-state index in [0.717, 1.165) is 25.5 Å². The van der Waals surface area contributed by atoms with E-state index in [-0.39, 0.29) is 10.6 Å². The number of rotatable bonds is 6. The van der Waals surface area contributed by atoms with Gasteiger partial charge in [-0.3, -0.25) is 4.31 Å². The summed E-state index contributed by atoms with van der Waals surface area (Å²) in [6.45, 7) is 0.424. The van der Waals surface area contributed by atoms with E-state index in [2.05, 4.69) is 4.98 Å². The van der Waals surface area contributed by atoms with Crippen molar-refractivity contribution in [1.29, 1.82) is 0 Å². The Balaban J connectivity index is 1.96. The molecule has 1 fully saturated rings. The van der Waals surface area contributed by atoms with Gasteiger partial charge in [0.05, 0.1) is 5.69 Å². The maximum Gasteiger partial charge on any atom is 0.354 e. The highest BCUT2D eigenvalue weighted by Crippen LogP contribution is 2.32. The van der Waals surface area contributed by atoms with Crippen LogP contribution in [0.15, 0.2) is 53.6 Å². The smallest absolute Gasteiger partial charge is 0.354 e. The Hall–Kier alpha value is -2.41. The number of aromatic nitrogens is 1. The summed E-state index contributed by atoms with van der Waals surface area (Å²) >= 11 is 0. The van der Waals surface area contributed by atoms with Gasteiger partial charge in [0.1, 0.15) is 10.6 Å². The van der Waals surface area contributed by atoms with Gasteiger partial charge in [-0.1, -0.05) is 24.6 Å². The number of aromatic carboxylic acids is 1. The Kier molecular flexibility index (Phi) is 4.53. The first-order valence-corrected chi connectivity index (χ1v) is 9.19. The zero-order chi connectivity index (χ0) is 17.2. The van der Waals surface area contributed by atoms with Crippen LogP contribution in [0, 0.1) is 5.92 Å². The lowest BCUT2D eigenvalue weighted by atomic mass is 9.85. The number of anilines is 1. The predicted molar refractivity (Wildman–Crippen MR) is 89.5 cm³/mol. The first-order chi connectivity index (χ1) is 11.5. The highest BCUT2D eigenvalue weighted by atomic mass is 32.2. The van der Waals surface area contributed by atoms with Gasteiger partial charge in [-0.25, -0.2) is 18.2 Å². The molecule has 1 aliphatic carbocycles. The van der Waals surface area contributed by atoms with E-state index in [0.29, 0.717) is 18.2 Å². The summed E-state index contributed by atoms with van der Waals surface area (Å²) in [5.74, 6) is -0.834. The van der Waals surface area contributed by atoms with E-state index >= 15 is 0 Å². The molecule has 1 aromatic carbocycles. The van der Waals surface area contributed by atoms with Crippen LogP contribution in [0.2, 0.25) is 0 Å². The maximum atomic E-state index is 13.0. The summed E-state index contributed by atoms with van der Waals surface area (Å²) in [6.07, 6.45) is 4.28. The average molecular weight is 346 g/mol. The number of para-hydroxylation sites is 1. The van der Waals surface area contributed by atoms with Gasteiger partial charge in [0.25, 0.3) is 10.0 Å². The largest absolute Gasteiger partial charge is 0.477 e. The summed E-state index contributed by atoms with van der Waals surface area (Å²) < 4.78 is 27.5. The van der Waals surface area contributed by atoms with Gasteiger partial charge in [-0.2, -0.15) is 0 Å². The summed E-state index contributed by atoms with van der Waals surface area (Å²) in [5.41, 5.74) is 0.422. The van der Waals surface area contributed by atoms with Crippen LogP contribution in [-0.4, -0.2) is 31.0 Å². The van der Waals surface area contributed by atoms with Crippen molar-refractivity contribution in [3.63, 3.8) is 0 Å². The molecule has 1 aliphatic rings. The van der Waals surface area contributed by atoms with Crippen LogP contribution >= 0.6 is 0 Å². The van der Waals surface area contributed by atoms with Crippen LogP contribution in [0.25, 0.3) is 0 Å². The van der Waals surface area contributed by atoms with Gasteiger partial charge < -0.3 is 5.11 Å². The number of hydrogen-bond donors (Lipinski definition) is 1. The van der Waals surface area contributed by atoms with Crippen LogP contribution in [0.4, 0.5) is 5.69 Å². The van der Waals surface area contributed by atoms with Crippen LogP contribution in [0.1, 0.15) is 29.8 Å². The molecule has 0 unspecified atom stereocenters. The van der Waals surface area contributed by atoms with Crippen LogP contribution in [0.3, 0.4) is 0 Å². The van der Waals surface area contributed by atoms with Crippen molar-refractivity contribution < 1.29 is 18.3 Å². The van der Waals surface area contributed by atoms with Gasteiger partial charge in [0.15, 0.2) is 0 Å². The van der Waals surface area contributed by atoms with Crippen molar-refractivity contribution in [2.75, 3.05) is 10.8 Å². The molecule has 2 aromatic rings. The molecule has 1 aromatic heterocycles. The SMILES string of the molecule is O=C(O)c1ccc(S(=O)(=O)N(CC2CCC2)c2ccccc2)cn1. The predicted octanol–water partition coefficient (Wildman–Crippen LogP) is 2.78. The second-order valence-corrected chi connectivity index (χ2v) is 7.72. The molecule has 24 heavy (non-hydrogen) atoms. The monoisotopic (exact) mass is 346 g/mol. The Morgan fingerprint density at radius 1 is 1.17 bits per heavy atom. The molecular formula is C17H18N2O4S. The fraction of sp³-hybridized carbons (Fsp3) is 0.294. The van der Waals surface area contributed by atoms with E-state index in [1.54, 1.807) is 24.3 Å². The standard InChI is InChI=1S/C17H18N2O4S/c20-17(21)16-10-9-15(11-18-16)24(22,23)19(12-13-5-4-6-13)14-7-2-1-3-8-14/h1-3,7-11,13H,4-6,12H2,(H,20,21). The molecule has 7 heteroatoms. The minimum Gasteiger partial charge on any atom is -0.477 e. The fourth-order valence-corrected chi connectivity index (χ4v) is 4.12. The highest BCUT2D eigenvalue weighted by molar-refractivity contribution is 7.92. The second kappa shape index (κ2) is 6.60. The molecule has 0 aliphatic heterocycles. The molecule has 1 saturated carbocycles. The third-order valence-electron chi connectivity index (χ3n) is 4.24. The number of nitrogens with zero attached hydrogens (tertiary/aromatic N) is 2. The van der Waals surface area contributed by atoms with Gasteiger partial charge >= 0.3 is 5.97 Å². The summed E-state index contributed by atoms with van der Waals surface area (Å²) in [6, 6.07) is 11.4. The lowest BCUT2D eigenvalue weighted by molar-refractivity contribution is 0.0690. The maximum absolute atomic E-state index is 13.0.